The number of carbonyl (C=O) groups is 1. The summed E-state index contributed by atoms with van der Waals surface area (Å²) in [5, 5.41) is 9.86. The minimum Gasteiger partial charge on any atom is -0.480 e. The summed E-state index contributed by atoms with van der Waals surface area (Å²) in [4.78, 5) is 15.9. The number of carboxylic acids is 1. The number of hydrogen-bond acceptors (Lipinski definition) is 5. The number of anilines is 2. The molecule has 0 spiro atoms. The maximum Gasteiger partial charge on any atom is 0.320 e. The highest BCUT2D eigenvalue weighted by Gasteiger charge is 2.41. The molecule has 7 nitrogen and oxygen atoms in total. The summed E-state index contributed by atoms with van der Waals surface area (Å²) in [5.41, 5.74) is 3.73. The van der Waals surface area contributed by atoms with Crippen LogP contribution in [0.5, 0.6) is 0 Å². The van der Waals surface area contributed by atoms with Crippen LogP contribution in [0.25, 0.3) is 11.6 Å². The summed E-state index contributed by atoms with van der Waals surface area (Å²) in [6.07, 6.45) is 1.79. The second-order valence-corrected chi connectivity index (χ2v) is 12.7. The highest BCUT2D eigenvalue weighted by molar-refractivity contribution is 7.92. The number of benzene rings is 3. The Morgan fingerprint density at radius 2 is 1.82 bits per heavy atom. The van der Waals surface area contributed by atoms with Crippen molar-refractivity contribution < 1.29 is 22.7 Å². The van der Waals surface area contributed by atoms with Crippen LogP contribution >= 0.6 is 11.6 Å². The summed E-state index contributed by atoms with van der Waals surface area (Å²) >= 11 is 6.28. The first-order valence-electron chi connectivity index (χ1n) is 13.1. The van der Waals surface area contributed by atoms with Crippen molar-refractivity contribution in [1.82, 2.24) is 4.90 Å². The van der Waals surface area contributed by atoms with Crippen LogP contribution < -0.4 is 9.21 Å². The van der Waals surface area contributed by atoms with Crippen molar-refractivity contribution in [2.75, 3.05) is 35.4 Å². The zero-order valence-corrected chi connectivity index (χ0v) is 24.1. The van der Waals surface area contributed by atoms with E-state index in [0.29, 0.717) is 47.0 Å². The predicted molar refractivity (Wildman–Crippen MR) is 157 cm³/mol. The van der Waals surface area contributed by atoms with Crippen LogP contribution in [0, 0.1) is 12.7 Å². The lowest BCUT2D eigenvalue weighted by atomic mass is 10.0. The molecule has 0 amide bonds. The molecule has 0 unspecified atom stereocenters. The first kappa shape index (κ1) is 28.1. The van der Waals surface area contributed by atoms with E-state index in [-0.39, 0.29) is 17.5 Å². The van der Waals surface area contributed by atoms with Gasteiger partial charge in [-0.25, -0.2) is 12.8 Å². The van der Waals surface area contributed by atoms with Crippen LogP contribution in [-0.4, -0.2) is 62.7 Å². The number of nitrogens with zero attached hydrogens (tertiary/aromatic N) is 3. The zero-order valence-electron chi connectivity index (χ0n) is 22.5. The number of carboxylic acid groups (broad SMARTS) is 1. The summed E-state index contributed by atoms with van der Waals surface area (Å²) in [6, 6.07) is 16.0. The quantitative estimate of drug-likeness (QED) is 0.385. The highest BCUT2D eigenvalue weighted by atomic mass is 35.5. The van der Waals surface area contributed by atoms with Crippen LogP contribution in [0.2, 0.25) is 5.02 Å². The van der Waals surface area contributed by atoms with E-state index in [9.17, 15) is 22.7 Å². The largest absolute Gasteiger partial charge is 0.480 e. The molecular weight excluding hydrogens is 553 g/mol. The molecule has 0 radical (unpaired) electrons. The van der Waals surface area contributed by atoms with Crippen molar-refractivity contribution in [3.63, 3.8) is 0 Å². The molecule has 3 aromatic rings. The van der Waals surface area contributed by atoms with Gasteiger partial charge >= 0.3 is 5.97 Å². The van der Waals surface area contributed by atoms with Gasteiger partial charge in [-0.3, -0.25) is 14.0 Å². The Morgan fingerprint density at radius 1 is 1.07 bits per heavy atom. The third-order valence-corrected chi connectivity index (χ3v) is 9.78. The molecule has 40 heavy (non-hydrogen) atoms. The fourth-order valence-electron chi connectivity index (χ4n) is 5.55. The minimum absolute atomic E-state index is 0.164. The summed E-state index contributed by atoms with van der Waals surface area (Å²) < 4.78 is 44.1. The topological polar surface area (TPSA) is 81.2 Å². The summed E-state index contributed by atoms with van der Waals surface area (Å²) in [5.74, 6) is -1.34. The Balaban J connectivity index is 1.60. The molecule has 5 rings (SSSR count). The Morgan fingerprint density at radius 3 is 2.52 bits per heavy atom. The number of piperazine rings is 1. The Hall–Kier alpha value is -3.40. The molecule has 1 N–H and O–H groups in total. The standard InChI is InChI=1S/C30H31ClFN3O4S/c1-19-6-4-7-24(14-19)40(38,39)35-18-23-17-33(21(3)30(36)37)12-13-34(23)27-11-10-22(16-28(27)35)15-20(2)29-25(31)8-5-9-26(29)32/h4-11,14-16,21,23H,12-13,17-18H2,1-3H3,(H,36,37)/b20-15+/t21-,23-/m0/s1. The van der Waals surface area contributed by atoms with Crippen molar-refractivity contribution in [2.24, 2.45) is 0 Å². The average molecular weight is 584 g/mol. The van der Waals surface area contributed by atoms with Gasteiger partial charge in [0.2, 0.25) is 0 Å². The molecule has 2 aliphatic rings. The van der Waals surface area contributed by atoms with E-state index < -0.39 is 27.9 Å². The van der Waals surface area contributed by atoms with Crippen molar-refractivity contribution >= 4 is 50.6 Å². The minimum atomic E-state index is -3.94. The molecule has 0 saturated carbocycles. The van der Waals surface area contributed by atoms with E-state index in [1.54, 1.807) is 50.3 Å². The van der Waals surface area contributed by atoms with Gasteiger partial charge in [-0.15, -0.1) is 0 Å². The van der Waals surface area contributed by atoms with Gasteiger partial charge in [-0.05, 0) is 73.9 Å². The van der Waals surface area contributed by atoms with Crippen molar-refractivity contribution in [3.8, 4) is 0 Å². The maximum atomic E-state index is 14.6. The smallest absolute Gasteiger partial charge is 0.320 e. The molecule has 0 aromatic heterocycles. The molecule has 2 aliphatic heterocycles. The normalized spacial score (nSPS) is 18.7. The molecule has 210 valence electrons. The number of rotatable bonds is 6. The Labute approximate surface area is 239 Å². The monoisotopic (exact) mass is 583 g/mol. The molecule has 2 heterocycles. The number of aryl methyl sites for hydroxylation is 1. The fraction of sp³-hybridized carbons (Fsp3) is 0.300. The highest BCUT2D eigenvalue weighted by Crippen LogP contribution is 2.41. The number of sulfonamides is 1. The van der Waals surface area contributed by atoms with Crippen molar-refractivity contribution in [3.05, 3.63) is 88.2 Å². The van der Waals surface area contributed by atoms with Crippen LogP contribution in [0.15, 0.2) is 65.6 Å². The lowest BCUT2D eigenvalue weighted by molar-refractivity contribution is -0.142. The van der Waals surface area contributed by atoms with Gasteiger partial charge in [0.05, 0.1) is 33.9 Å². The molecule has 1 fully saturated rings. The number of hydrogen-bond donors (Lipinski definition) is 1. The van der Waals surface area contributed by atoms with E-state index in [1.807, 2.05) is 36.1 Å². The summed E-state index contributed by atoms with van der Waals surface area (Å²) in [7, 11) is -3.94. The predicted octanol–water partition coefficient (Wildman–Crippen LogP) is 5.52. The van der Waals surface area contributed by atoms with Crippen molar-refractivity contribution in [1.29, 1.82) is 0 Å². The molecule has 2 atom stereocenters. The average Bonchev–Trinajstić information content (AvgIpc) is 2.91. The number of aliphatic carboxylic acids is 1. The van der Waals surface area contributed by atoms with Gasteiger partial charge in [-0.1, -0.05) is 41.9 Å². The number of allylic oxidation sites excluding steroid dienone is 1. The van der Waals surface area contributed by atoms with Crippen LogP contribution in [-0.2, 0) is 14.8 Å². The van der Waals surface area contributed by atoms with Gasteiger partial charge in [0.1, 0.15) is 11.9 Å². The van der Waals surface area contributed by atoms with E-state index in [0.717, 1.165) is 11.3 Å². The Bertz CT molecular complexity index is 1590. The zero-order chi connectivity index (χ0) is 28.8. The second kappa shape index (κ2) is 10.9. The van der Waals surface area contributed by atoms with E-state index >= 15 is 0 Å². The van der Waals surface area contributed by atoms with Gasteiger partial charge < -0.3 is 10.0 Å². The molecule has 0 bridgehead atoms. The maximum absolute atomic E-state index is 14.6. The van der Waals surface area contributed by atoms with E-state index in [2.05, 4.69) is 4.90 Å². The van der Waals surface area contributed by atoms with Gasteiger partial charge in [0, 0.05) is 25.2 Å². The number of halogens is 2. The lowest BCUT2D eigenvalue weighted by Gasteiger charge is -2.49. The Kier molecular flexibility index (Phi) is 7.65. The summed E-state index contributed by atoms with van der Waals surface area (Å²) in [6.45, 7) is 6.95. The third-order valence-electron chi connectivity index (χ3n) is 7.69. The van der Waals surface area contributed by atoms with Crippen molar-refractivity contribution in [2.45, 2.75) is 37.8 Å². The van der Waals surface area contributed by atoms with Crippen LogP contribution in [0.1, 0.15) is 30.5 Å². The number of fused-ring (bicyclic) bond motifs is 3. The molecule has 0 aliphatic carbocycles. The SMILES string of the molecule is C/C(=C\c1ccc2c(c1)N(S(=O)(=O)c1cccc(C)c1)C[C@@H]1CN([C@@H](C)C(=O)O)CCN21)c1c(F)cccc1Cl. The molecule has 1 saturated heterocycles. The molecule has 10 heteroatoms. The third kappa shape index (κ3) is 5.21. The van der Waals surface area contributed by atoms with Gasteiger partial charge in [0.15, 0.2) is 0 Å². The second-order valence-electron chi connectivity index (χ2n) is 10.4. The lowest BCUT2D eigenvalue weighted by Crippen LogP contribution is -2.62. The molecule has 3 aromatic carbocycles. The van der Waals surface area contributed by atoms with E-state index in [4.69, 9.17) is 11.6 Å². The first-order chi connectivity index (χ1) is 19.0. The van der Waals surface area contributed by atoms with Crippen LogP contribution in [0.4, 0.5) is 15.8 Å². The molecular formula is C30H31ClFN3O4S. The van der Waals surface area contributed by atoms with Gasteiger partial charge in [-0.2, -0.15) is 0 Å². The van der Waals surface area contributed by atoms with E-state index in [1.165, 1.54) is 10.4 Å². The van der Waals surface area contributed by atoms with Gasteiger partial charge in [0.25, 0.3) is 10.0 Å². The first-order valence-corrected chi connectivity index (χ1v) is 14.9. The fourth-order valence-corrected chi connectivity index (χ4v) is 7.48. The van der Waals surface area contributed by atoms with Crippen LogP contribution in [0.3, 0.4) is 0 Å².